The van der Waals surface area contributed by atoms with Crippen molar-refractivity contribution in [1.29, 1.82) is 0 Å². The van der Waals surface area contributed by atoms with E-state index in [-0.39, 0.29) is 12.0 Å². The van der Waals surface area contributed by atoms with Gasteiger partial charge in [0.15, 0.2) is 0 Å². The summed E-state index contributed by atoms with van der Waals surface area (Å²) < 4.78 is 13.0. The molecular weight excluding hydrogens is 416 g/mol. The second-order valence-corrected chi connectivity index (χ2v) is 9.01. The number of hydrogen-bond acceptors (Lipinski definition) is 4. The highest BCUT2D eigenvalue weighted by molar-refractivity contribution is 6.16. The van der Waals surface area contributed by atoms with Gasteiger partial charge in [-0.2, -0.15) is 0 Å². The first-order chi connectivity index (χ1) is 15.7. The predicted molar refractivity (Wildman–Crippen MR) is 128 cm³/mol. The van der Waals surface area contributed by atoms with Gasteiger partial charge in [-0.05, 0) is 82.4 Å². The molecule has 0 saturated carbocycles. The zero-order valence-corrected chi connectivity index (χ0v) is 20.3. The van der Waals surface area contributed by atoms with E-state index in [1.54, 1.807) is 11.8 Å². The number of aryl methyl sites for hydroxylation is 3. The van der Waals surface area contributed by atoms with Crippen LogP contribution in [0.1, 0.15) is 47.8 Å². The number of allylic oxidation sites excluding steroid dienone is 1. The van der Waals surface area contributed by atoms with Gasteiger partial charge in [-0.25, -0.2) is 4.79 Å². The molecule has 2 aliphatic heterocycles. The van der Waals surface area contributed by atoms with Crippen molar-refractivity contribution in [2.75, 3.05) is 20.3 Å². The monoisotopic (exact) mass is 448 g/mol. The summed E-state index contributed by atoms with van der Waals surface area (Å²) in [6.07, 6.45) is 3.74. The van der Waals surface area contributed by atoms with Gasteiger partial charge in [0.05, 0.1) is 30.9 Å². The Bertz CT molecular complexity index is 1180. The van der Waals surface area contributed by atoms with E-state index in [0.29, 0.717) is 30.0 Å². The van der Waals surface area contributed by atoms with Crippen LogP contribution in [0.3, 0.4) is 0 Å². The first kappa shape index (κ1) is 23.1. The number of amides is 1. The maximum absolute atomic E-state index is 13.5. The summed E-state index contributed by atoms with van der Waals surface area (Å²) in [5, 5.41) is 0. The largest absolute Gasteiger partial charge is 0.465 e. The summed E-state index contributed by atoms with van der Waals surface area (Å²) in [5.74, 6) is -0.676. The quantitative estimate of drug-likeness (QED) is 0.497. The molecule has 3 heterocycles. The number of hydrogen-bond donors (Lipinski definition) is 0. The van der Waals surface area contributed by atoms with E-state index in [2.05, 4.69) is 49.6 Å². The number of nitrogens with zero attached hydrogens (tertiary/aromatic N) is 2. The van der Waals surface area contributed by atoms with Gasteiger partial charge in [-0.15, -0.1) is 0 Å². The Kier molecular flexibility index (Phi) is 6.30. The summed E-state index contributed by atoms with van der Waals surface area (Å²) in [6.45, 7) is 11.2. The lowest BCUT2D eigenvalue weighted by molar-refractivity contribution is -0.136. The zero-order chi connectivity index (χ0) is 23.9. The first-order valence-corrected chi connectivity index (χ1v) is 11.4. The molecular formula is C27H32N2O4. The van der Waals surface area contributed by atoms with E-state index in [0.717, 1.165) is 35.5 Å². The number of ether oxygens (including phenoxy) is 2. The van der Waals surface area contributed by atoms with Gasteiger partial charge in [0.1, 0.15) is 0 Å². The molecule has 1 aromatic carbocycles. The predicted octanol–water partition coefficient (Wildman–Crippen LogP) is 4.56. The number of methoxy groups -OCH3 is 1. The van der Waals surface area contributed by atoms with E-state index in [9.17, 15) is 9.59 Å². The Morgan fingerprint density at radius 2 is 1.94 bits per heavy atom. The maximum Gasteiger partial charge on any atom is 0.340 e. The van der Waals surface area contributed by atoms with Crippen molar-refractivity contribution in [3.8, 4) is 5.69 Å². The van der Waals surface area contributed by atoms with E-state index < -0.39 is 5.97 Å². The number of esters is 1. The molecule has 1 fully saturated rings. The highest BCUT2D eigenvalue weighted by Crippen LogP contribution is 2.34. The summed E-state index contributed by atoms with van der Waals surface area (Å²) in [6, 6.07) is 8.45. The fraction of sp³-hybridized carbons (Fsp3) is 0.407. The summed E-state index contributed by atoms with van der Waals surface area (Å²) in [4.78, 5) is 27.8. The van der Waals surface area contributed by atoms with Crippen LogP contribution in [0, 0.1) is 27.7 Å². The number of aromatic nitrogens is 1. The van der Waals surface area contributed by atoms with Crippen molar-refractivity contribution in [3.05, 3.63) is 69.2 Å². The molecule has 0 N–H and O–H groups in total. The molecule has 0 radical (unpaired) electrons. The minimum absolute atomic E-state index is 0.00323. The molecule has 0 spiro atoms. The average Bonchev–Trinajstić information content (AvgIpc) is 3.45. The molecule has 174 valence electrons. The summed E-state index contributed by atoms with van der Waals surface area (Å²) in [7, 11) is 1.35. The molecule has 4 rings (SSSR count). The molecule has 33 heavy (non-hydrogen) atoms. The van der Waals surface area contributed by atoms with Crippen molar-refractivity contribution in [1.82, 2.24) is 9.47 Å². The molecule has 2 aliphatic rings. The van der Waals surface area contributed by atoms with Gasteiger partial charge < -0.3 is 18.9 Å². The van der Waals surface area contributed by atoms with Crippen LogP contribution in [0.2, 0.25) is 0 Å². The molecule has 6 heteroatoms. The van der Waals surface area contributed by atoms with Crippen LogP contribution in [0.4, 0.5) is 0 Å². The van der Waals surface area contributed by atoms with Crippen LogP contribution in [0.25, 0.3) is 11.8 Å². The fourth-order valence-electron chi connectivity index (χ4n) is 4.86. The first-order valence-electron chi connectivity index (χ1n) is 11.4. The van der Waals surface area contributed by atoms with E-state index in [1.807, 2.05) is 13.0 Å². The Labute approximate surface area is 195 Å². The van der Waals surface area contributed by atoms with Crippen LogP contribution in [-0.4, -0.2) is 47.7 Å². The summed E-state index contributed by atoms with van der Waals surface area (Å²) in [5.41, 5.74) is 7.79. The zero-order valence-electron chi connectivity index (χ0n) is 20.3. The Hall–Kier alpha value is -3.12. The number of benzene rings is 1. The second kappa shape index (κ2) is 9.02. The lowest BCUT2D eigenvalue weighted by atomic mass is 10.0. The second-order valence-electron chi connectivity index (χ2n) is 9.01. The maximum atomic E-state index is 13.5. The lowest BCUT2D eigenvalue weighted by Crippen LogP contribution is -2.33. The molecule has 1 atom stereocenters. The van der Waals surface area contributed by atoms with Crippen molar-refractivity contribution >= 4 is 18.0 Å². The SMILES string of the molecule is COC(=O)C1=C(C)N(C[C@H]2CCCO2)C(=O)/C1=C\c1cc(C)n(-c2cc(C)ccc2C)c1C. The molecule has 1 aromatic heterocycles. The third kappa shape index (κ3) is 4.15. The van der Waals surface area contributed by atoms with Crippen molar-refractivity contribution in [2.45, 2.75) is 53.6 Å². The smallest absolute Gasteiger partial charge is 0.340 e. The van der Waals surface area contributed by atoms with E-state index in [4.69, 9.17) is 9.47 Å². The number of carbonyl (C=O) groups excluding carboxylic acids is 2. The molecule has 1 amide bonds. The van der Waals surface area contributed by atoms with Crippen molar-refractivity contribution in [2.24, 2.45) is 0 Å². The van der Waals surface area contributed by atoms with Gasteiger partial charge in [-0.3, -0.25) is 4.79 Å². The Morgan fingerprint density at radius 1 is 1.18 bits per heavy atom. The van der Waals surface area contributed by atoms with Crippen LogP contribution >= 0.6 is 0 Å². The normalized spacial score (nSPS) is 19.8. The van der Waals surface area contributed by atoms with Crippen molar-refractivity contribution < 1.29 is 19.1 Å². The topological polar surface area (TPSA) is 60.8 Å². The molecule has 2 aromatic rings. The highest BCUT2D eigenvalue weighted by atomic mass is 16.5. The van der Waals surface area contributed by atoms with Gasteiger partial charge >= 0.3 is 5.97 Å². The van der Waals surface area contributed by atoms with Crippen LogP contribution < -0.4 is 0 Å². The van der Waals surface area contributed by atoms with Gasteiger partial charge in [-0.1, -0.05) is 12.1 Å². The van der Waals surface area contributed by atoms with Gasteiger partial charge in [0, 0.05) is 29.4 Å². The lowest BCUT2D eigenvalue weighted by Gasteiger charge is -2.21. The number of carbonyl (C=O) groups is 2. The van der Waals surface area contributed by atoms with Gasteiger partial charge in [0.2, 0.25) is 0 Å². The minimum Gasteiger partial charge on any atom is -0.465 e. The number of rotatable bonds is 5. The van der Waals surface area contributed by atoms with Crippen molar-refractivity contribution in [3.63, 3.8) is 0 Å². The Balaban J connectivity index is 1.78. The fourth-order valence-corrected chi connectivity index (χ4v) is 4.86. The van der Waals surface area contributed by atoms with Gasteiger partial charge in [0.25, 0.3) is 5.91 Å². The molecule has 1 saturated heterocycles. The average molecular weight is 449 g/mol. The standard InChI is InChI=1S/C27H32N2O4/c1-16-9-10-17(2)24(12-16)29-18(3)13-21(19(29)4)14-23-25(27(31)32-6)20(5)28(26(23)30)15-22-8-7-11-33-22/h9-10,12-14,22H,7-8,11,15H2,1-6H3/b23-14-/t22-/m1/s1. The molecule has 0 bridgehead atoms. The third-order valence-electron chi connectivity index (χ3n) is 6.69. The van der Waals surface area contributed by atoms with E-state index in [1.165, 1.54) is 18.2 Å². The van der Waals surface area contributed by atoms with Crippen LogP contribution in [0.15, 0.2) is 41.1 Å². The van der Waals surface area contributed by atoms with E-state index >= 15 is 0 Å². The molecule has 0 aliphatic carbocycles. The molecule has 0 unspecified atom stereocenters. The van der Waals surface area contributed by atoms with Crippen LogP contribution in [-0.2, 0) is 19.1 Å². The summed E-state index contributed by atoms with van der Waals surface area (Å²) >= 11 is 0. The minimum atomic E-state index is -0.495. The highest BCUT2D eigenvalue weighted by Gasteiger charge is 2.38. The molecule has 6 nitrogen and oxygen atoms in total. The third-order valence-corrected chi connectivity index (χ3v) is 6.69. The van der Waals surface area contributed by atoms with Crippen LogP contribution in [0.5, 0.6) is 0 Å². The Morgan fingerprint density at radius 3 is 2.61 bits per heavy atom.